The molecule has 0 aromatic heterocycles. The number of carbonyl (C=O) groups is 2. The minimum atomic E-state index is -1.01. The van der Waals surface area contributed by atoms with Gasteiger partial charge in [-0.15, -0.1) is 0 Å². The molecular formula is C12H16N2O4. The minimum Gasteiger partial charge on any atom is -0.480 e. The predicted molar refractivity (Wildman–Crippen MR) is 64.5 cm³/mol. The van der Waals surface area contributed by atoms with Crippen LogP contribution in [0.15, 0.2) is 24.3 Å². The highest BCUT2D eigenvalue weighted by Gasteiger charge is 2.12. The lowest BCUT2D eigenvalue weighted by molar-refractivity contribution is -0.138. The van der Waals surface area contributed by atoms with Crippen molar-refractivity contribution in [3.8, 4) is 0 Å². The fourth-order valence-corrected chi connectivity index (χ4v) is 1.59. The molecule has 0 unspecified atom stereocenters. The van der Waals surface area contributed by atoms with Crippen LogP contribution >= 0.6 is 0 Å². The van der Waals surface area contributed by atoms with Crippen LogP contribution in [0.1, 0.15) is 11.1 Å². The molecule has 0 radical (unpaired) electrons. The lowest BCUT2D eigenvalue weighted by Crippen LogP contribution is -2.36. The van der Waals surface area contributed by atoms with Gasteiger partial charge in [0.05, 0.1) is 19.7 Å². The number of benzene rings is 1. The van der Waals surface area contributed by atoms with Crippen molar-refractivity contribution in [2.75, 3.05) is 13.1 Å². The normalized spacial score (nSPS) is 10.6. The van der Waals surface area contributed by atoms with E-state index in [1.165, 1.54) is 4.90 Å². The van der Waals surface area contributed by atoms with Crippen LogP contribution in [0.2, 0.25) is 0 Å². The number of amides is 1. The molecule has 18 heavy (non-hydrogen) atoms. The van der Waals surface area contributed by atoms with Gasteiger partial charge in [-0.25, -0.2) is 0 Å². The number of rotatable bonds is 7. The third kappa shape index (κ3) is 4.94. The Morgan fingerprint density at radius 3 is 2.11 bits per heavy atom. The monoisotopic (exact) mass is 252 g/mol. The summed E-state index contributed by atoms with van der Waals surface area (Å²) in [4.78, 5) is 22.9. The van der Waals surface area contributed by atoms with Crippen LogP contribution < -0.4 is 5.73 Å². The highest BCUT2D eigenvalue weighted by atomic mass is 16.4. The minimum absolute atomic E-state index is 0.0413. The topological polar surface area (TPSA) is 104 Å². The molecule has 0 saturated carbocycles. The zero-order valence-corrected chi connectivity index (χ0v) is 9.87. The molecule has 6 heteroatoms. The number of carboxylic acid groups (broad SMARTS) is 1. The lowest BCUT2D eigenvalue weighted by atomic mass is 10.1. The first-order valence-electron chi connectivity index (χ1n) is 5.42. The number of carbonyl (C=O) groups excluding carboxylic acids is 1. The van der Waals surface area contributed by atoms with E-state index in [0.717, 1.165) is 11.1 Å². The number of hydrogen-bond acceptors (Lipinski definition) is 4. The Hall–Kier alpha value is -1.92. The molecule has 1 rings (SSSR count). The number of nitrogens with zero attached hydrogens (tertiary/aromatic N) is 1. The Kier molecular flexibility index (Phi) is 5.29. The summed E-state index contributed by atoms with van der Waals surface area (Å²) in [6, 6.07) is 7.06. The van der Waals surface area contributed by atoms with E-state index in [9.17, 15) is 9.59 Å². The second kappa shape index (κ2) is 6.73. The van der Waals surface area contributed by atoms with Gasteiger partial charge in [-0.3, -0.25) is 14.5 Å². The van der Waals surface area contributed by atoms with E-state index < -0.39 is 11.9 Å². The number of carboxylic acids is 1. The molecule has 0 aliphatic carbocycles. The standard InChI is InChI=1S/C12H16N2O4/c13-11(16)6-14(7-12(17)18)5-9-1-3-10(8-15)4-2-9/h1-4,15H,5-8H2,(H2,13,16)(H,17,18). The smallest absolute Gasteiger partial charge is 0.317 e. The quantitative estimate of drug-likeness (QED) is 0.610. The van der Waals surface area contributed by atoms with Gasteiger partial charge in [-0.05, 0) is 11.1 Å². The largest absolute Gasteiger partial charge is 0.480 e. The maximum absolute atomic E-state index is 10.8. The maximum atomic E-state index is 10.8. The summed E-state index contributed by atoms with van der Waals surface area (Å²) in [5, 5.41) is 17.6. The average molecular weight is 252 g/mol. The molecule has 0 fully saturated rings. The van der Waals surface area contributed by atoms with Crippen molar-refractivity contribution < 1.29 is 19.8 Å². The first-order valence-corrected chi connectivity index (χ1v) is 5.42. The number of aliphatic hydroxyl groups is 1. The number of aliphatic carboxylic acids is 1. The Labute approximate surface area is 105 Å². The Balaban J connectivity index is 2.68. The molecule has 0 bridgehead atoms. The zero-order chi connectivity index (χ0) is 13.5. The van der Waals surface area contributed by atoms with Crippen LogP contribution in [0.25, 0.3) is 0 Å². The number of nitrogens with two attached hydrogens (primary N) is 1. The molecule has 98 valence electrons. The molecule has 6 nitrogen and oxygen atoms in total. The van der Waals surface area contributed by atoms with Crippen molar-refractivity contribution in [3.05, 3.63) is 35.4 Å². The molecule has 1 aromatic rings. The second-order valence-corrected chi connectivity index (χ2v) is 3.98. The lowest BCUT2D eigenvalue weighted by Gasteiger charge is -2.18. The van der Waals surface area contributed by atoms with Crippen molar-refractivity contribution in [2.45, 2.75) is 13.2 Å². The van der Waals surface area contributed by atoms with Crippen molar-refractivity contribution in [2.24, 2.45) is 5.73 Å². The van der Waals surface area contributed by atoms with Gasteiger partial charge in [0.25, 0.3) is 0 Å². The van der Waals surface area contributed by atoms with Gasteiger partial charge in [-0.2, -0.15) is 0 Å². The molecule has 0 aliphatic rings. The van der Waals surface area contributed by atoms with E-state index in [4.69, 9.17) is 15.9 Å². The van der Waals surface area contributed by atoms with Crippen LogP contribution in [-0.2, 0) is 22.7 Å². The fourth-order valence-electron chi connectivity index (χ4n) is 1.59. The number of aliphatic hydroxyl groups excluding tert-OH is 1. The third-order valence-corrected chi connectivity index (χ3v) is 2.35. The Bertz CT molecular complexity index is 401. The Morgan fingerprint density at radius 1 is 1.11 bits per heavy atom. The van der Waals surface area contributed by atoms with Gasteiger partial charge in [0, 0.05) is 6.54 Å². The first kappa shape index (κ1) is 14.1. The molecule has 0 heterocycles. The average Bonchev–Trinajstić information content (AvgIpc) is 2.28. The maximum Gasteiger partial charge on any atom is 0.317 e. The summed E-state index contributed by atoms with van der Waals surface area (Å²) in [5.74, 6) is -1.58. The summed E-state index contributed by atoms with van der Waals surface area (Å²) in [6.45, 7) is -0.0693. The van der Waals surface area contributed by atoms with Gasteiger partial charge >= 0.3 is 5.97 Å². The molecule has 0 saturated heterocycles. The van der Waals surface area contributed by atoms with Crippen LogP contribution in [0, 0.1) is 0 Å². The van der Waals surface area contributed by atoms with Crippen LogP contribution in [0.5, 0.6) is 0 Å². The van der Waals surface area contributed by atoms with Gasteiger partial charge in [0.1, 0.15) is 0 Å². The van der Waals surface area contributed by atoms with Crippen molar-refractivity contribution in [1.29, 1.82) is 0 Å². The van der Waals surface area contributed by atoms with E-state index in [1.807, 2.05) is 0 Å². The number of hydrogen-bond donors (Lipinski definition) is 3. The number of primary amides is 1. The van der Waals surface area contributed by atoms with Gasteiger partial charge in [0.15, 0.2) is 0 Å². The third-order valence-electron chi connectivity index (χ3n) is 2.35. The van der Waals surface area contributed by atoms with Crippen LogP contribution in [0.3, 0.4) is 0 Å². The summed E-state index contributed by atoms with van der Waals surface area (Å²) >= 11 is 0. The summed E-state index contributed by atoms with van der Waals surface area (Å²) < 4.78 is 0. The highest BCUT2D eigenvalue weighted by Crippen LogP contribution is 2.07. The SMILES string of the molecule is NC(=O)CN(CC(=O)O)Cc1ccc(CO)cc1. The van der Waals surface area contributed by atoms with Crippen LogP contribution in [-0.4, -0.2) is 40.1 Å². The van der Waals surface area contributed by atoms with Gasteiger partial charge in [-0.1, -0.05) is 24.3 Å². The van der Waals surface area contributed by atoms with E-state index in [0.29, 0.717) is 6.54 Å². The molecule has 0 atom stereocenters. The van der Waals surface area contributed by atoms with E-state index in [2.05, 4.69) is 0 Å². The molecule has 0 spiro atoms. The van der Waals surface area contributed by atoms with E-state index >= 15 is 0 Å². The predicted octanol–water partition coefficient (Wildman–Crippen LogP) is -0.449. The second-order valence-electron chi connectivity index (χ2n) is 3.98. The van der Waals surface area contributed by atoms with Gasteiger partial charge < -0.3 is 15.9 Å². The van der Waals surface area contributed by atoms with E-state index in [-0.39, 0.29) is 19.7 Å². The summed E-state index contributed by atoms with van der Waals surface area (Å²) in [7, 11) is 0. The zero-order valence-electron chi connectivity index (χ0n) is 9.87. The fraction of sp³-hybridized carbons (Fsp3) is 0.333. The molecule has 1 aromatic carbocycles. The highest BCUT2D eigenvalue weighted by molar-refractivity contribution is 5.77. The Morgan fingerprint density at radius 2 is 1.67 bits per heavy atom. The molecule has 0 aliphatic heterocycles. The van der Waals surface area contributed by atoms with Crippen molar-refractivity contribution >= 4 is 11.9 Å². The summed E-state index contributed by atoms with van der Waals surface area (Å²) in [5.41, 5.74) is 6.69. The first-order chi connectivity index (χ1) is 8.51. The van der Waals surface area contributed by atoms with Gasteiger partial charge in [0.2, 0.25) is 5.91 Å². The van der Waals surface area contributed by atoms with Crippen molar-refractivity contribution in [1.82, 2.24) is 4.90 Å². The summed E-state index contributed by atoms with van der Waals surface area (Å²) in [6.07, 6.45) is 0. The molecule has 1 amide bonds. The molecule has 4 N–H and O–H groups in total. The van der Waals surface area contributed by atoms with Crippen LogP contribution in [0.4, 0.5) is 0 Å². The van der Waals surface area contributed by atoms with Crippen molar-refractivity contribution in [3.63, 3.8) is 0 Å². The van der Waals surface area contributed by atoms with E-state index in [1.54, 1.807) is 24.3 Å². The molecular weight excluding hydrogens is 236 g/mol.